The van der Waals surface area contributed by atoms with Crippen LogP contribution in [0.4, 0.5) is 5.69 Å². The summed E-state index contributed by atoms with van der Waals surface area (Å²) in [7, 11) is 0. The zero-order valence-corrected chi connectivity index (χ0v) is 16.7. The summed E-state index contributed by atoms with van der Waals surface area (Å²) >= 11 is 0. The molecule has 0 saturated carbocycles. The van der Waals surface area contributed by atoms with Gasteiger partial charge in [0.15, 0.2) is 0 Å². The van der Waals surface area contributed by atoms with Crippen LogP contribution in [0.15, 0.2) is 18.2 Å². The van der Waals surface area contributed by atoms with Crippen LogP contribution in [0, 0.1) is 5.92 Å². The van der Waals surface area contributed by atoms with Gasteiger partial charge in [-0.05, 0) is 24.6 Å². The topological polar surface area (TPSA) is 102 Å². The van der Waals surface area contributed by atoms with Crippen LogP contribution in [0.5, 0.6) is 0 Å². The van der Waals surface area contributed by atoms with Crippen molar-refractivity contribution in [3.05, 3.63) is 29.3 Å². The molecule has 1 unspecified atom stereocenters. The number of benzene rings is 1. The van der Waals surface area contributed by atoms with Gasteiger partial charge in [0.1, 0.15) is 6.04 Å². The maximum absolute atomic E-state index is 13.0. The molecule has 4 aliphatic heterocycles. The average molecular weight is 411 g/mol. The number of piperidine rings is 1. The predicted molar refractivity (Wildman–Crippen MR) is 108 cm³/mol. The first kappa shape index (κ1) is 19.2. The standard InChI is InChI=1S/C21H25N5O4/c27-18-4-3-17(19(28)23-18)26-20(29)15-2-1-14(9-16(15)21(26)30)25-11-13(12-25)10-24-7-5-22-6-8-24/h1-2,9,13,17,22H,3-8,10-12H2,(H,23,27,28). The molecule has 0 radical (unpaired) electrons. The van der Waals surface area contributed by atoms with Gasteiger partial charge >= 0.3 is 0 Å². The van der Waals surface area contributed by atoms with Gasteiger partial charge in [0.2, 0.25) is 11.8 Å². The molecule has 2 N–H and O–H groups in total. The molecule has 3 saturated heterocycles. The van der Waals surface area contributed by atoms with Crippen LogP contribution in [-0.2, 0) is 9.59 Å². The third-order valence-electron chi connectivity index (χ3n) is 6.47. The van der Waals surface area contributed by atoms with Crippen LogP contribution in [0.3, 0.4) is 0 Å². The van der Waals surface area contributed by atoms with Crippen LogP contribution in [0.25, 0.3) is 0 Å². The average Bonchev–Trinajstić information content (AvgIpc) is 2.95. The largest absolute Gasteiger partial charge is 0.371 e. The monoisotopic (exact) mass is 411 g/mol. The van der Waals surface area contributed by atoms with E-state index < -0.39 is 23.8 Å². The second kappa shape index (κ2) is 7.48. The lowest BCUT2D eigenvalue weighted by molar-refractivity contribution is -0.136. The zero-order chi connectivity index (χ0) is 20.8. The molecule has 9 nitrogen and oxygen atoms in total. The van der Waals surface area contributed by atoms with Crippen molar-refractivity contribution in [3.63, 3.8) is 0 Å². The van der Waals surface area contributed by atoms with Gasteiger partial charge in [0.05, 0.1) is 11.1 Å². The normalized spacial score (nSPS) is 25.4. The van der Waals surface area contributed by atoms with Crippen LogP contribution >= 0.6 is 0 Å². The molecule has 1 aromatic carbocycles. The molecule has 0 aliphatic carbocycles. The number of carbonyl (C=O) groups excluding carboxylic acids is 4. The van der Waals surface area contributed by atoms with E-state index in [1.54, 1.807) is 12.1 Å². The van der Waals surface area contributed by atoms with Crippen LogP contribution < -0.4 is 15.5 Å². The Labute approximate surface area is 174 Å². The summed E-state index contributed by atoms with van der Waals surface area (Å²) in [5.74, 6) is -1.27. The fourth-order valence-electron chi connectivity index (χ4n) is 4.81. The number of fused-ring (bicyclic) bond motifs is 1. The van der Waals surface area contributed by atoms with Crippen LogP contribution in [0.1, 0.15) is 33.6 Å². The summed E-state index contributed by atoms with van der Waals surface area (Å²) in [6, 6.07) is 4.40. The molecular formula is C21H25N5O4. The lowest BCUT2D eigenvalue weighted by Crippen LogP contribution is -2.54. The highest BCUT2D eigenvalue weighted by atomic mass is 16.2. The van der Waals surface area contributed by atoms with Crippen molar-refractivity contribution in [2.24, 2.45) is 5.92 Å². The molecule has 0 aromatic heterocycles. The lowest BCUT2D eigenvalue weighted by atomic mass is 9.97. The van der Waals surface area contributed by atoms with Crippen molar-refractivity contribution < 1.29 is 19.2 Å². The Bertz CT molecular complexity index is 920. The Morgan fingerprint density at radius 3 is 2.43 bits per heavy atom. The summed E-state index contributed by atoms with van der Waals surface area (Å²) in [4.78, 5) is 55.0. The molecule has 1 aromatic rings. The number of rotatable bonds is 4. The van der Waals surface area contributed by atoms with E-state index in [1.807, 2.05) is 6.07 Å². The van der Waals surface area contributed by atoms with E-state index in [2.05, 4.69) is 20.4 Å². The number of anilines is 1. The van der Waals surface area contributed by atoms with Gasteiger partial charge in [-0.25, -0.2) is 0 Å². The van der Waals surface area contributed by atoms with Crippen molar-refractivity contribution in [1.82, 2.24) is 20.4 Å². The molecule has 0 spiro atoms. The van der Waals surface area contributed by atoms with Crippen LogP contribution in [0.2, 0.25) is 0 Å². The van der Waals surface area contributed by atoms with Gasteiger partial charge in [0.25, 0.3) is 11.8 Å². The number of carbonyl (C=O) groups is 4. The Kier molecular flexibility index (Phi) is 4.79. The van der Waals surface area contributed by atoms with E-state index in [0.29, 0.717) is 17.0 Å². The second-order valence-corrected chi connectivity index (χ2v) is 8.50. The molecule has 9 heteroatoms. The first-order chi connectivity index (χ1) is 14.5. The fourth-order valence-corrected chi connectivity index (χ4v) is 4.81. The molecule has 3 fully saturated rings. The summed E-state index contributed by atoms with van der Waals surface area (Å²) in [5, 5.41) is 5.59. The summed E-state index contributed by atoms with van der Waals surface area (Å²) in [6.45, 7) is 7.21. The van der Waals surface area contributed by atoms with E-state index in [1.165, 1.54) is 0 Å². The van der Waals surface area contributed by atoms with Gasteiger partial charge in [-0.3, -0.25) is 29.4 Å². The molecular weight excluding hydrogens is 386 g/mol. The smallest absolute Gasteiger partial charge is 0.262 e. The molecule has 1 atom stereocenters. The third kappa shape index (κ3) is 3.27. The molecule has 0 bridgehead atoms. The number of nitrogens with one attached hydrogen (secondary N) is 2. The molecule has 5 rings (SSSR count). The first-order valence-corrected chi connectivity index (χ1v) is 10.5. The van der Waals surface area contributed by atoms with Crippen molar-refractivity contribution in [2.45, 2.75) is 18.9 Å². The SMILES string of the molecule is O=C1CCC(N2C(=O)c3ccc(N4CC(CN5CCNCC5)C4)cc3C2=O)C(=O)N1. The van der Waals surface area contributed by atoms with Crippen molar-refractivity contribution in [1.29, 1.82) is 0 Å². The Hall–Kier alpha value is -2.78. The number of amides is 4. The molecule has 30 heavy (non-hydrogen) atoms. The van der Waals surface area contributed by atoms with Gasteiger partial charge in [-0.1, -0.05) is 0 Å². The number of hydrogen-bond acceptors (Lipinski definition) is 7. The fraction of sp³-hybridized carbons (Fsp3) is 0.524. The highest BCUT2D eigenvalue weighted by Gasteiger charge is 2.45. The number of imide groups is 2. The minimum absolute atomic E-state index is 0.122. The maximum Gasteiger partial charge on any atom is 0.262 e. The van der Waals surface area contributed by atoms with Gasteiger partial charge in [0, 0.05) is 63.8 Å². The molecule has 4 heterocycles. The summed E-state index contributed by atoms with van der Waals surface area (Å²) < 4.78 is 0. The Morgan fingerprint density at radius 1 is 0.967 bits per heavy atom. The number of piperazine rings is 1. The molecule has 4 amide bonds. The van der Waals surface area contributed by atoms with E-state index >= 15 is 0 Å². The minimum Gasteiger partial charge on any atom is -0.371 e. The minimum atomic E-state index is -0.925. The van der Waals surface area contributed by atoms with Crippen LogP contribution in [-0.4, -0.2) is 85.3 Å². The van der Waals surface area contributed by atoms with Crippen molar-refractivity contribution >= 4 is 29.3 Å². The third-order valence-corrected chi connectivity index (χ3v) is 6.47. The van der Waals surface area contributed by atoms with Crippen molar-refractivity contribution in [3.8, 4) is 0 Å². The van der Waals surface area contributed by atoms with Gasteiger partial charge in [-0.15, -0.1) is 0 Å². The highest BCUT2D eigenvalue weighted by molar-refractivity contribution is 6.23. The number of hydrogen-bond donors (Lipinski definition) is 2. The van der Waals surface area contributed by atoms with Gasteiger partial charge < -0.3 is 15.1 Å². The van der Waals surface area contributed by atoms with E-state index in [9.17, 15) is 19.2 Å². The van der Waals surface area contributed by atoms with E-state index in [4.69, 9.17) is 0 Å². The van der Waals surface area contributed by atoms with Crippen molar-refractivity contribution in [2.75, 3.05) is 50.7 Å². The Morgan fingerprint density at radius 2 is 1.70 bits per heavy atom. The quantitative estimate of drug-likeness (QED) is 0.640. The molecule has 158 valence electrons. The maximum atomic E-state index is 13.0. The lowest BCUT2D eigenvalue weighted by Gasteiger charge is -2.44. The van der Waals surface area contributed by atoms with E-state index in [-0.39, 0.29) is 18.7 Å². The second-order valence-electron chi connectivity index (χ2n) is 8.50. The molecule has 4 aliphatic rings. The Balaban J connectivity index is 1.26. The number of nitrogens with zero attached hydrogens (tertiary/aromatic N) is 3. The van der Waals surface area contributed by atoms with Gasteiger partial charge in [-0.2, -0.15) is 0 Å². The summed E-state index contributed by atoms with van der Waals surface area (Å²) in [5.41, 5.74) is 1.59. The summed E-state index contributed by atoms with van der Waals surface area (Å²) in [6.07, 6.45) is 0.292. The predicted octanol–water partition coefficient (Wildman–Crippen LogP) is -0.571. The highest BCUT2D eigenvalue weighted by Crippen LogP contribution is 2.33. The zero-order valence-electron chi connectivity index (χ0n) is 16.7. The first-order valence-electron chi connectivity index (χ1n) is 10.5. The van der Waals surface area contributed by atoms with E-state index in [0.717, 1.165) is 56.4 Å².